The molecule has 1 aromatic carbocycles. The molecule has 0 aliphatic heterocycles. The molecule has 0 saturated carbocycles. The van der Waals surface area contributed by atoms with Gasteiger partial charge in [0.1, 0.15) is 0 Å². The van der Waals surface area contributed by atoms with Crippen LogP contribution in [0.25, 0.3) is 11.3 Å². The van der Waals surface area contributed by atoms with E-state index in [1.807, 2.05) is 13.0 Å². The van der Waals surface area contributed by atoms with Gasteiger partial charge in [0.15, 0.2) is 10.5 Å². The number of hydrogen-bond donors (Lipinski definition) is 3. The Hall–Kier alpha value is -2.58. The molecule has 3 rings (SSSR count). The zero-order valence-corrected chi connectivity index (χ0v) is 13.7. The fourth-order valence-electron chi connectivity index (χ4n) is 2.07. The van der Waals surface area contributed by atoms with Gasteiger partial charge in [-0.1, -0.05) is 18.2 Å². The van der Waals surface area contributed by atoms with Crippen LogP contribution in [0.1, 0.15) is 14.5 Å². The monoisotopic (exact) mass is 344 g/mol. The first kappa shape index (κ1) is 15.3. The van der Waals surface area contributed by atoms with E-state index in [1.54, 1.807) is 30.3 Å². The highest BCUT2D eigenvalue weighted by Crippen LogP contribution is 2.25. The molecule has 1 amide bonds. The molecule has 8 heteroatoms. The van der Waals surface area contributed by atoms with E-state index < -0.39 is 5.56 Å². The van der Waals surface area contributed by atoms with Crippen LogP contribution in [0.3, 0.4) is 0 Å². The van der Waals surface area contributed by atoms with Crippen LogP contribution >= 0.6 is 23.6 Å². The maximum Gasteiger partial charge on any atom is 0.278 e. The molecule has 3 N–H and O–H groups in total. The van der Waals surface area contributed by atoms with Crippen LogP contribution in [0, 0.1) is 11.7 Å². The van der Waals surface area contributed by atoms with E-state index >= 15 is 0 Å². The van der Waals surface area contributed by atoms with Gasteiger partial charge >= 0.3 is 0 Å². The van der Waals surface area contributed by atoms with Crippen LogP contribution in [0.15, 0.2) is 41.2 Å². The molecule has 0 radical (unpaired) electrons. The number of carbonyl (C=O) groups excluding carboxylic acids is 1. The Morgan fingerprint density at radius 2 is 2.04 bits per heavy atom. The highest BCUT2D eigenvalue weighted by atomic mass is 32.1. The number of benzene rings is 1. The second-order valence-corrected chi connectivity index (χ2v) is 6.46. The minimum absolute atomic E-state index is 0.148. The van der Waals surface area contributed by atoms with Crippen molar-refractivity contribution in [2.75, 3.05) is 5.32 Å². The molecule has 2 aromatic heterocycles. The number of carbonyl (C=O) groups is 1. The van der Waals surface area contributed by atoms with Gasteiger partial charge in [-0.3, -0.25) is 19.7 Å². The van der Waals surface area contributed by atoms with Crippen LogP contribution in [0.2, 0.25) is 0 Å². The van der Waals surface area contributed by atoms with E-state index in [2.05, 4.69) is 20.5 Å². The number of hydrogen-bond acceptors (Lipinski definition) is 5. The van der Waals surface area contributed by atoms with Crippen molar-refractivity contribution in [2.45, 2.75) is 6.92 Å². The first-order chi connectivity index (χ1) is 11.0. The minimum Gasteiger partial charge on any atom is -0.321 e. The Kier molecular flexibility index (Phi) is 4.18. The fourth-order valence-corrected chi connectivity index (χ4v) is 2.97. The van der Waals surface area contributed by atoms with Gasteiger partial charge in [0.25, 0.3) is 11.5 Å². The molecular weight excluding hydrogens is 332 g/mol. The van der Waals surface area contributed by atoms with Crippen LogP contribution in [-0.2, 0) is 0 Å². The maximum absolute atomic E-state index is 12.3. The quantitative estimate of drug-likeness (QED) is 0.637. The molecule has 0 aliphatic rings. The summed E-state index contributed by atoms with van der Waals surface area (Å²) in [7, 11) is 0. The molecule has 3 aromatic rings. The maximum atomic E-state index is 12.3. The summed E-state index contributed by atoms with van der Waals surface area (Å²) >= 11 is 6.24. The molecule has 0 atom stereocenters. The first-order valence-electron chi connectivity index (χ1n) is 6.71. The van der Waals surface area contributed by atoms with Crippen molar-refractivity contribution < 1.29 is 4.79 Å². The Morgan fingerprint density at radius 3 is 2.74 bits per heavy atom. The highest BCUT2D eigenvalue weighted by molar-refractivity contribution is 7.71. The summed E-state index contributed by atoms with van der Waals surface area (Å²) in [6, 6.07) is 10.6. The minimum atomic E-state index is -0.414. The molecule has 0 unspecified atom stereocenters. The number of rotatable bonds is 3. The number of aromatic amines is 2. The van der Waals surface area contributed by atoms with Gasteiger partial charge in [-0.05, 0) is 37.3 Å². The summed E-state index contributed by atoms with van der Waals surface area (Å²) in [5.41, 5.74) is 0.771. The van der Waals surface area contributed by atoms with Gasteiger partial charge in [-0.2, -0.15) is 5.10 Å². The van der Waals surface area contributed by atoms with Crippen molar-refractivity contribution in [1.29, 1.82) is 0 Å². The lowest BCUT2D eigenvalue weighted by Crippen LogP contribution is -2.16. The SMILES string of the molecule is Cc1ccc(C(=O)Nc2ccccc2-c2n[nH]c(=S)[nH]c2=O)s1. The number of nitrogens with zero attached hydrogens (tertiary/aromatic N) is 1. The van der Waals surface area contributed by atoms with Gasteiger partial charge in [-0.15, -0.1) is 11.3 Å². The molecule has 6 nitrogen and oxygen atoms in total. The molecule has 0 spiro atoms. The average molecular weight is 344 g/mol. The summed E-state index contributed by atoms with van der Waals surface area (Å²) in [5.74, 6) is -0.226. The van der Waals surface area contributed by atoms with E-state index in [1.165, 1.54) is 11.3 Å². The topological polar surface area (TPSA) is 90.6 Å². The van der Waals surface area contributed by atoms with Crippen molar-refractivity contribution in [3.8, 4) is 11.3 Å². The predicted octanol–water partition coefficient (Wildman–Crippen LogP) is 3.12. The molecule has 0 aliphatic carbocycles. The van der Waals surface area contributed by atoms with Gasteiger partial charge in [0, 0.05) is 10.4 Å². The fraction of sp³-hybridized carbons (Fsp3) is 0.0667. The van der Waals surface area contributed by atoms with Crippen LogP contribution in [-0.4, -0.2) is 21.1 Å². The van der Waals surface area contributed by atoms with Gasteiger partial charge < -0.3 is 5.32 Å². The number of nitrogens with one attached hydrogen (secondary N) is 3. The van der Waals surface area contributed by atoms with Gasteiger partial charge in [-0.25, -0.2) is 0 Å². The van der Waals surface area contributed by atoms with Crippen molar-refractivity contribution in [3.05, 3.63) is 61.3 Å². The van der Waals surface area contributed by atoms with Crippen LogP contribution < -0.4 is 10.9 Å². The van der Waals surface area contributed by atoms with E-state index in [0.29, 0.717) is 16.1 Å². The summed E-state index contributed by atoms with van der Waals surface area (Å²) < 4.78 is 0.148. The molecular formula is C15H12N4O2S2. The highest BCUT2D eigenvalue weighted by Gasteiger charge is 2.14. The molecule has 0 fully saturated rings. The lowest BCUT2D eigenvalue weighted by atomic mass is 10.1. The van der Waals surface area contributed by atoms with Crippen LogP contribution in [0.5, 0.6) is 0 Å². The number of thiophene rings is 1. The largest absolute Gasteiger partial charge is 0.321 e. The van der Waals surface area contributed by atoms with Crippen molar-refractivity contribution >= 4 is 35.1 Å². The Balaban J connectivity index is 1.99. The second kappa shape index (κ2) is 6.27. The number of anilines is 1. The zero-order chi connectivity index (χ0) is 16.4. The lowest BCUT2D eigenvalue weighted by molar-refractivity contribution is 0.103. The Morgan fingerprint density at radius 1 is 1.26 bits per heavy atom. The smallest absolute Gasteiger partial charge is 0.278 e. The number of amides is 1. The third-order valence-electron chi connectivity index (χ3n) is 3.11. The number of aromatic nitrogens is 3. The molecule has 116 valence electrons. The third-order valence-corrected chi connectivity index (χ3v) is 4.30. The normalized spacial score (nSPS) is 10.5. The van der Waals surface area contributed by atoms with Gasteiger partial charge in [0.05, 0.1) is 10.6 Å². The van der Waals surface area contributed by atoms with Crippen molar-refractivity contribution in [1.82, 2.24) is 15.2 Å². The van der Waals surface area contributed by atoms with E-state index in [0.717, 1.165) is 4.88 Å². The van der Waals surface area contributed by atoms with E-state index in [-0.39, 0.29) is 16.4 Å². The third kappa shape index (κ3) is 3.27. The summed E-state index contributed by atoms with van der Waals surface area (Å²) in [5, 5.41) is 9.34. The van der Waals surface area contributed by atoms with Crippen molar-refractivity contribution in [2.24, 2.45) is 0 Å². The first-order valence-corrected chi connectivity index (χ1v) is 7.93. The zero-order valence-electron chi connectivity index (χ0n) is 12.0. The van der Waals surface area contributed by atoms with Crippen LogP contribution in [0.4, 0.5) is 5.69 Å². The predicted molar refractivity (Wildman–Crippen MR) is 92.5 cm³/mol. The summed E-state index contributed by atoms with van der Waals surface area (Å²) in [4.78, 5) is 28.5. The number of para-hydroxylation sites is 1. The number of aryl methyl sites for hydroxylation is 1. The summed E-state index contributed by atoms with van der Waals surface area (Å²) in [6.07, 6.45) is 0. The summed E-state index contributed by atoms with van der Waals surface area (Å²) in [6.45, 7) is 1.94. The Bertz CT molecular complexity index is 987. The Labute approximate surface area is 140 Å². The number of H-pyrrole nitrogens is 2. The van der Waals surface area contributed by atoms with E-state index in [9.17, 15) is 9.59 Å². The lowest BCUT2D eigenvalue weighted by Gasteiger charge is -2.09. The molecule has 2 heterocycles. The molecule has 0 bridgehead atoms. The van der Waals surface area contributed by atoms with E-state index in [4.69, 9.17) is 12.2 Å². The standard InChI is InChI=1S/C15H12N4O2S2/c1-8-6-7-11(23-8)13(20)16-10-5-3-2-4-9(10)12-14(21)17-15(22)19-18-12/h2-7H,1H3,(H,16,20)(H2,17,19,21,22). The van der Waals surface area contributed by atoms with Crippen molar-refractivity contribution in [3.63, 3.8) is 0 Å². The molecule has 23 heavy (non-hydrogen) atoms. The van der Waals surface area contributed by atoms with Gasteiger partial charge in [0.2, 0.25) is 0 Å². The average Bonchev–Trinajstić information content (AvgIpc) is 2.95. The molecule has 0 saturated heterocycles. The second-order valence-electron chi connectivity index (χ2n) is 4.77.